The van der Waals surface area contributed by atoms with Crippen LogP contribution in [0.15, 0.2) is 76.6 Å². The van der Waals surface area contributed by atoms with Gasteiger partial charge in [-0.05, 0) is 29.8 Å². The van der Waals surface area contributed by atoms with Gasteiger partial charge in [0, 0.05) is 12.4 Å². The third kappa shape index (κ3) is 3.33. The van der Waals surface area contributed by atoms with Crippen molar-refractivity contribution in [3.63, 3.8) is 0 Å². The molecule has 2 heterocycles. The third-order valence-electron chi connectivity index (χ3n) is 3.53. The minimum atomic E-state index is -0.619. The van der Waals surface area contributed by atoms with Gasteiger partial charge < -0.3 is 14.9 Å². The summed E-state index contributed by atoms with van der Waals surface area (Å²) in [7, 11) is 0. The normalized spacial score (nSPS) is 10.3. The van der Waals surface area contributed by atoms with Gasteiger partial charge in [-0.2, -0.15) is 0 Å². The van der Waals surface area contributed by atoms with Crippen LogP contribution in [0, 0.1) is 0 Å². The van der Waals surface area contributed by atoms with Crippen molar-refractivity contribution in [3.8, 4) is 0 Å². The van der Waals surface area contributed by atoms with E-state index in [2.05, 4.69) is 10.3 Å². The van der Waals surface area contributed by atoms with Crippen molar-refractivity contribution in [2.24, 2.45) is 0 Å². The van der Waals surface area contributed by atoms with Crippen LogP contribution in [0.1, 0.15) is 15.9 Å². The summed E-state index contributed by atoms with van der Waals surface area (Å²) in [5.41, 5.74) is 0.220. The van der Waals surface area contributed by atoms with E-state index in [-0.39, 0.29) is 16.8 Å². The number of anilines is 1. The number of carbonyl (C=O) groups is 1. The molecule has 0 aliphatic carbocycles. The van der Waals surface area contributed by atoms with Crippen molar-refractivity contribution >= 4 is 11.6 Å². The van der Waals surface area contributed by atoms with E-state index in [1.165, 1.54) is 22.9 Å². The molecule has 6 heteroatoms. The van der Waals surface area contributed by atoms with Gasteiger partial charge in [0.2, 0.25) is 0 Å². The van der Waals surface area contributed by atoms with Gasteiger partial charge >= 0.3 is 0 Å². The Balaban J connectivity index is 1.86. The number of aromatic amines is 1. The van der Waals surface area contributed by atoms with Crippen molar-refractivity contribution in [1.82, 2.24) is 9.55 Å². The molecule has 3 aromatic rings. The van der Waals surface area contributed by atoms with Gasteiger partial charge in [-0.3, -0.25) is 14.4 Å². The molecule has 3 rings (SSSR count). The highest BCUT2D eigenvalue weighted by Gasteiger charge is 2.12. The molecular weight excluding hydrogens is 306 g/mol. The molecule has 1 amide bonds. The number of pyridine rings is 2. The van der Waals surface area contributed by atoms with Crippen LogP contribution in [0.3, 0.4) is 0 Å². The molecule has 0 fully saturated rings. The zero-order chi connectivity index (χ0) is 16.9. The van der Waals surface area contributed by atoms with Crippen molar-refractivity contribution in [3.05, 3.63) is 98.8 Å². The first-order valence-electron chi connectivity index (χ1n) is 7.37. The first-order valence-corrected chi connectivity index (χ1v) is 7.37. The number of rotatable bonds is 4. The maximum absolute atomic E-state index is 12.5. The van der Waals surface area contributed by atoms with Crippen LogP contribution in [0.4, 0.5) is 5.69 Å². The van der Waals surface area contributed by atoms with E-state index < -0.39 is 11.5 Å². The van der Waals surface area contributed by atoms with Crippen LogP contribution in [-0.4, -0.2) is 15.5 Å². The monoisotopic (exact) mass is 321 g/mol. The quantitative estimate of drug-likeness (QED) is 0.769. The van der Waals surface area contributed by atoms with Gasteiger partial charge in [-0.25, -0.2) is 0 Å². The molecule has 2 N–H and O–H groups in total. The lowest BCUT2D eigenvalue weighted by atomic mass is 10.2. The highest BCUT2D eigenvalue weighted by Crippen LogP contribution is 2.05. The Hall–Kier alpha value is -3.41. The molecule has 0 atom stereocenters. The van der Waals surface area contributed by atoms with Crippen molar-refractivity contribution < 1.29 is 4.79 Å². The minimum absolute atomic E-state index is 0.0460. The van der Waals surface area contributed by atoms with E-state index in [0.717, 1.165) is 5.56 Å². The number of aromatic nitrogens is 2. The average molecular weight is 321 g/mol. The predicted octanol–water partition coefficient (Wildman–Crippen LogP) is 1.84. The topological polar surface area (TPSA) is 84.0 Å². The number of nitrogens with zero attached hydrogens (tertiary/aromatic N) is 1. The fourth-order valence-corrected chi connectivity index (χ4v) is 2.33. The van der Waals surface area contributed by atoms with Crippen LogP contribution >= 0.6 is 0 Å². The van der Waals surface area contributed by atoms with Crippen LogP contribution in [-0.2, 0) is 6.54 Å². The van der Waals surface area contributed by atoms with E-state index >= 15 is 0 Å². The lowest BCUT2D eigenvalue weighted by Crippen LogP contribution is -2.28. The zero-order valence-corrected chi connectivity index (χ0v) is 12.7. The fourth-order valence-electron chi connectivity index (χ4n) is 2.33. The molecule has 0 aliphatic rings. The van der Waals surface area contributed by atoms with Gasteiger partial charge in [0.25, 0.3) is 17.0 Å². The number of benzene rings is 1. The van der Waals surface area contributed by atoms with Crippen molar-refractivity contribution in [2.75, 3.05) is 5.32 Å². The Labute approximate surface area is 137 Å². The van der Waals surface area contributed by atoms with Crippen LogP contribution in [0.2, 0.25) is 0 Å². The summed E-state index contributed by atoms with van der Waals surface area (Å²) in [5, 5.41) is 2.50. The summed E-state index contributed by atoms with van der Waals surface area (Å²) >= 11 is 0. The molecular formula is C18H15N3O3. The van der Waals surface area contributed by atoms with E-state index in [0.29, 0.717) is 6.54 Å². The smallest absolute Gasteiger partial charge is 0.274 e. The summed E-state index contributed by atoms with van der Waals surface area (Å²) in [6, 6.07) is 15.7. The number of H-pyrrole nitrogens is 1. The van der Waals surface area contributed by atoms with E-state index in [1.54, 1.807) is 18.3 Å². The van der Waals surface area contributed by atoms with Crippen LogP contribution in [0.25, 0.3) is 0 Å². The zero-order valence-electron chi connectivity index (χ0n) is 12.7. The molecule has 6 nitrogen and oxygen atoms in total. The SMILES string of the molecule is O=C(Nc1cccn(Cc2ccccc2)c1=O)c1ccc[nH]c1=O. The second-order valence-electron chi connectivity index (χ2n) is 5.21. The van der Waals surface area contributed by atoms with Crippen molar-refractivity contribution in [1.29, 1.82) is 0 Å². The maximum Gasteiger partial charge on any atom is 0.274 e. The van der Waals surface area contributed by atoms with Gasteiger partial charge in [0.15, 0.2) is 0 Å². The average Bonchev–Trinajstić information content (AvgIpc) is 2.60. The van der Waals surface area contributed by atoms with Gasteiger partial charge in [-0.15, -0.1) is 0 Å². The minimum Gasteiger partial charge on any atom is -0.328 e. The molecule has 0 bridgehead atoms. The van der Waals surface area contributed by atoms with Crippen LogP contribution in [0.5, 0.6) is 0 Å². The number of amides is 1. The van der Waals surface area contributed by atoms with Gasteiger partial charge in [0.05, 0.1) is 6.54 Å². The molecule has 24 heavy (non-hydrogen) atoms. The van der Waals surface area contributed by atoms with E-state index in [1.807, 2.05) is 30.3 Å². The summed E-state index contributed by atoms with van der Waals surface area (Å²) in [5.74, 6) is -0.619. The largest absolute Gasteiger partial charge is 0.328 e. The molecule has 0 radical (unpaired) electrons. The molecule has 0 aliphatic heterocycles. The summed E-state index contributed by atoms with van der Waals surface area (Å²) in [6.45, 7) is 0.398. The molecule has 2 aromatic heterocycles. The highest BCUT2D eigenvalue weighted by atomic mass is 16.2. The van der Waals surface area contributed by atoms with Gasteiger partial charge in [-0.1, -0.05) is 30.3 Å². The molecule has 120 valence electrons. The lowest BCUT2D eigenvalue weighted by Gasteiger charge is -2.09. The Bertz CT molecular complexity index is 974. The number of carbonyl (C=O) groups excluding carboxylic acids is 1. The highest BCUT2D eigenvalue weighted by molar-refractivity contribution is 6.03. The molecule has 0 saturated heterocycles. The first kappa shape index (κ1) is 15.5. The summed E-state index contributed by atoms with van der Waals surface area (Å²) in [4.78, 5) is 38.7. The van der Waals surface area contributed by atoms with Crippen molar-refractivity contribution in [2.45, 2.75) is 6.54 Å². The van der Waals surface area contributed by atoms with E-state index in [4.69, 9.17) is 0 Å². The Morgan fingerprint density at radius 1 is 1.00 bits per heavy atom. The Kier molecular flexibility index (Phi) is 4.38. The third-order valence-corrected chi connectivity index (χ3v) is 3.53. The van der Waals surface area contributed by atoms with Gasteiger partial charge in [0.1, 0.15) is 11.3 Å². The standard InChI is InChI=1S/C18H15N3O3/c22-16-14(8-4-10-19-16)17(23)20-15-9-5-11-21(18(15)24)12-13-6-2-1-3-7-13/h1-11H,12H2,(H,19,22)(H,20,23). The number of hydrogen-bond acceptors (Lipinski definition) is 3. The molecule has 1 aromatic carbocycles. The summed E-state index contributed by atoms with van der Waals surface area (Å²) in [6.07, 6.45) is 3.09. The predicted molar refractivity (Wildman–Crippen MR) is 91.3 cm³/mol. The number of hydrogen-bond donors (Lipinski definition) is 2. The first-order chi connectivity index (χ1) is 11.6. The Morgan fingerprint density at radius 2 is 1.79 bits per heavy atom. The second kappa shape index (κ2) is 6.78. The lowest BCUT2D eigenvalue weighted by molar-refractivity contribution is 0.102. The maximum atomic E-state index is 12.5. The Morgan fingerprint density at radius 3 is 2.54 bits per heavy atom. The molecule has 0 spiro atoms. The molecule has 0 saturated carbocycles. The van der Waals surface area contributed by atoms with E-state index in [9.17, 15) is 14.4 Å². The molecule has 0 unspecified atom stereocenters. The fraction of sp³-hybridized carbons (Fsp3) is 0.0556. The number of nitrogens with one attached hydrogen (secondary N) is 2. The van der Waals surface area contributed by atoms with Crippen LogP contribution < -0.4 is 16.4 Å². The second-order valence-corrected chi connectivity index (χ2v) is 5.21. The summed E-state index contributed by atoms with van der Waals surface area (Å²) < 4.78 is 1.50.